The second kappa shape index (κ2) is 9.71. The minimum Gasteiger partial charge on any atom is -0.352 e. The maximum atomic E-state index is 13.4. The number of aromatic amines is 1. The molecule has 1 amide bonds. The van der Waals surface area contributed by atoms with Crippen molar-refractivity contribution in [1.29, 1.82) is 0 Å². The van der Waals surface area contributed by atoms with E-state index in [1.54, 1.807) is 33.5 Å². The fraction of sp³-hybridized carbons (Fsp3) is 0.185. The van der Waals surface area contributed by atoms with Crippen molar-refractivity contribution in [3.8, 4) is 28.1 Å². The summed E-state index contributed by atoms with van der Waals surface area (Å²) in [5.41, 5.74) is 5.29. The van der Waals surface area contributed by atoms with Gasteiger partial charge in [0, 0.05) is 46.2 Å². The third kappa shape index (κ3) is 4.28. The van der Waals surface area contributed by atoms with E-state index >= 15 is 0 Å². The average Bonchev–Trinajstić information content (AvgIpc) is 3.70. The Kier molecular flexibility index (Phi) is 6.09. The molecule has 3 aromatic heterocycles. The number of hydrogen-bond donors (Lipinski definition) is 2. The molecule has 10 nitrogen and oxygen atoms in total. The maximum Gasteiger partial charge on any atom is 0.252 e. The minimum atomic E-state index is -0.201. The van der Waals surface area contributed by atoms with Gasteiger partial charge in [0.2, 0.25) is 0 Å². The van der Waals surface area contributed by atoms with E-state index < -0.39 is 0 Å². The van der Waals surface area contributed by atoms with Crippen LogP contribution in [-0.4, -0.2) is 47.2 Å². The summed E-state index contributed by atoms with van der Waals surface area (Å²) in [6, 6.07) is 16.2. The Morgan fingerprint density at radius 1 is 1.13 bits per heavy atom. The van der Waals surface area contributed by atoms with E-state index in [1.165, 1.54) is 6.33 Å². The van der Waals surface area contributed by atoms with Gasteiger partial charge in [0.1, 0.15) is 12.2 Å². The molecule has 2 aromatic carbocycles. The zero-order chi connectivity index (χ0) is 26.2. The summed E-state index contributed by atoms with van der Waals surface area (Å²) in [5.74, 6) is 0.615. The standard InChI is InChI=1S/C27H23ClN8O2/c1-2-29-27(38)17-5-3-16(4-6-17)22-14-30-26(32-22)24-10-8-20-11-18(12-25(37)36(20)24)21-13-19(28)7-9-23(21)35-15-31-33-34-35/h3-7,9,11-15,24H,2,8,10H2,1H3,(H,29,38)(H,30,32). The van der Waals surface area contributed by atoms with Crippen LogP contribution in [0.1, 0.15) is 41.3 Å². The summed E-state index contributed by atoms with van der Waals surface area (Å²) in [5, 5.41) is 14.8. The van der Waals surface area contributed by atoms with Crippen LogP contribution in [0.3, 0.4) is 0 Å². The lowest BCUT2D eigenvalue weighted by atomic mass is 10.0. The van der Waals surface area contributed by atoms with Gasteiger partial charge >= 0.3 is 0 Å². The number of amides is 1. The number of carbonyl (C=O) groups is 1. The highest BCUT2D eigenvalue weighted by Gasteiger charge is 2.28. The van der Waals surface area contributed by atoms with Gasteiger partial charge in [0.05, 0.1) is 17.4 Å². The molecule has 190 valence electrons. The summed E-state index contributed by atoms with van der Waals surface area (Å²) in [6.45, 7) is 2.46. The first kappa shape index (κ1) is 23.8. The van der Waals surface area contributed by atoms with Crippen molar-refractivity contribution < 1.29 is 4.79 Å². The predicted octanol–water partition coefficient (Wildman–Crippen LogP) is 3.82. The van der Waals surface area contributed by atoms with Crippen LogP contribution >= 0.6 is 11.6 Å². The molecule has 1 aliphatic heterocycles. The predicted molar refractivity (Wildman–Crippen MR) is 142 cm³/mol. The van der Waals surface area contributed by atoms with Gasteiger partial charge in [-0.05, 0) is 72.2 Å². The van der Waals surface area contributed by atoms with Gasteiger partial charge in [0.25, 0.3) is 11.5 Å². The third-order valence-corrected chi connectivity index (χ3v) is 6.93. The SMILES string of the molecule is CCNC(=O)c1ccc(-c2c[nH]c(C3CCc4cc(-c5cc(Cl)ccc5-n5cnnn5)cc(=O)n43)n2)cc1. The van der Waals surface area contributed by atoms with Gasteiger partial charge in [-0.1, -0.05) is 23.7 Å². The first-order valence-corrected chi connectivity index (χ1v) is 12.6. The van der Waals surface area contributed by atoms with Crippen molar-refractivity contribution in [2.24, 2.45) is 0 Å². The number of fused-ring (bicyclic) bond motifs is 1. The van der Waals surface area contributed by atoms with E-state index in [0.717, 1.165) is 52.4 Å². The van der Waals surface area contributed by atoms with Crippen molar-refractivity contribution in [1.82, 2.24) is 40.1 Å². The minimum absolute atomic E-state index is 0.106. The first-order valence-electron chi connectivity index (χ1n) is 12.2. The summed E-state index contributed by atoms with van der Waals surface area (Å²) >= 11 is 6.30. The number of rotatable bonds is 6. The summed E-state index contributed by atoms with van der Waals surface area (Å²) in [6.07, 6.45) is 4.81. The number of carbonyl (C=O) groups excluding carboxylic acids is 1. The molecular formula is C27H23ClN8O2. The van der Waals surface area contributed by atoms with Crippen LogP contribution in [0.4, 0.5) is 0 Å². The van der Waals surface area contributed by atoms with Crippen LogP contribution in [0.15, 0.2) is 71.9 Å². The Morgan fingerprint density at radius 3 is 2.74 bits per heavy atom. The Hall–Kier alpha value is -4.57. The van der Waals surface area contributed by atoms with Gasteiger partial charge in [-0.2, -0.15) is 4.68 Å². The smallest absolute Gasteiger partial charge is 0.252 e. The summed E-state index contributed by atoms with van der Waals surface area (Å²) in [7, 11) is 0. The average molecular weight is 527 g/mol. The van der Waals surface area contributed by atoms with E-state index in [1.807, 2.05) is 43.5 Å². The lowest BCUT2D eigenvalue weighted by molar-refractivity contribution is 0.0956. The molecule has 6 rings (SSSR count). The number of H-pyrrole nitrogens is 1. The lowest BCUT2D eigenvalue weighted by Gasteiger charge is -2.15. The third-order valence-electron chi connectivity index (χ3n) is 6.69. The molecule has 0 spiro atoms. The summed E-state index contributed by atoms with van der Waals surface area (Å²) in [4.78, 5) is 33.5. The second-order valence-corrected chi connectivity index (χ2v) is 9.46. The van der Waals surface area contributed by atoms with Crippen molar-refractivity contribution in [2.75, 3.05) is 6.54 Å². The Morgan fingerprint density at radius 2 is 1.97 bits per heavy atom. The molecule has 0 saturated heterocycles. The van der Waals surface area contributed by atoms with Crippen molar-refractivity contribution in [3.63, 3.8) is 0 Å². The van der Waals surface area contributed by atoms with Gasteiger partial charge in [0.15, 0.2) is 0 Å². The van der Waals surface area contributed by atoms with E-state index in [9.17, 15) is 9.59 Å². The first-order chi connectivity index (χ1) is 18.5. The molecule has 2 N–H and O–H groups in total. The van der Waals surface area contributed by atoms with E-state index in [4.69, 9.17) is 16.6 Å². The number of imidazole rings is 1. The van der Waals surface area contributed by atoms with Crippen LogP contribution in [0.5, 0.6) is 0 Å². The number of aromatic nitrogens is 7. The van der Waals surface area contributed by atoms with Crippen LogP contribution < -0.4 is 10.9 Å². The van der Waals surface area contributed by atoms with Gasteiger partial charge in [-0.15, -0.1) is 5.10 Å². The van der Waals surface area contributed by atoms with E-state index in [-0.39, 0.29) is 17.5 Å². The Labute approximate surface area is 222 Å². The number of halogens is 1. The van der Waals surface area contributed by atoms with Crippen LogP contribution in [0.2, 0.25) is 5.02 Å². The highest BCUT2D eigenvalue weighted by Crippen LogP contribution is 2.34. The number of nitrogens with zero attached hydrogens (tertiary/aromatic N) is 6. The van der Waals surface area contributed by atoms with Gasteiger partial charge in [-0.3, -0.25) is 9.59 Å². The number of pyridine rings is 1. The molecule has 38 heavy (non-hydrogen) atoms. The van der Waals surface area contributed by atoms with E-state index in [2.05, 4.69) is 25.8 Å². The van der Waals surface area contributed by atoms with Gasteiger partial charge < -0.3 is 14.9 Å². The molecule has 0 saturated carbocycles. The number of hydrogen-bond acceptors (Lipinski definition) is 6. The molecule has 0 fully saturated rings. The molecule has 11 heteroatoms. The lowest BCUT2D eigenvalue weighted by Crippen LogP contribution is -2.23. The number of tetrazole rings is 1. The Balaban J connectivity index is 1.31. The van der Waals surface area contributed by atoms with Crippen molar-refractivity contribution >= 4 is 17.5 Å². The second-order valence-electron chi connectivity index (χ2n) is 9.02. The molecule has 0 bridgehead atoms. The van der Waals surface area contributed by atoms with Crippen molar-refractivity contribution in [2.45, 2.75) is 25.8 Å². The fourth-order valence-corrected chi connectivity index (χ4v) is 5.10. The topological polar surface area (TPSA) is 123 Å². The van der Waals surface area contributed by atoms with Crippen LogP contribution in [0.25, 0.3) is 28.1 Å². The normalized spacial score (nSPS) is 14.4. The molecular weight excluding hydrogens is 504 g/mol. The highest BCUT2D eigenvalue weighted by molar-refractivity contribution is 6.31. The zero-order valence-electron chi connectivity index (χ0n) is 20.4. The van der Waals surface area contributed by atoms with Crippen LogP contribution in [0, 0.1) is 0 Å². The van der Waals surface area contributed by atoms with Crippen molar-refractivity contribution in [3.05, 3.63) is 99.6 Å². The van der Waals surface area contributed by atoms with E-state index in [0.29, 0.717) is 17.1 Å². The monoisotopic (exact) mass is 526 g/mol. The molecule has 1 aliphatic rings. The Bertz CT molecular complexity index is 1690. The molecule has 4 heterocycles. The zero-order valence-corrected chi connectivity index (χ0v) is 21.2. The molecule has 1 unspecified atom stereocenters. The molecule has 5 aromatic rings. The maximum absolute atomic E-state index is 13.4. The highest BCUT2D eigenvalue weighted by atomic mass is 35.5. The molecule has 0 radical (unpaired) electrons. The fourth-order valence-electron chi connectivity index (χ4n) is 4.93. The number of nitrogens with one attached hydrogen (secondary N) is 2. The number of benzene rings is 2. The largest absolute Gasteiger partial charge is 0.352 e. The number of aryl methyl sites for hydroxylation is 1. The molecule has 0 aliphatic carbocycles. The summed E-state index contributed by atoms with van der Waals surface area (Å²) < 4.78 is 3.35. The van der Waals surface area contributed by atoms with Gasteiger partial charge in [-0.25, -0.2) is 4.98 Å². The quantitative estimate of drug-likeness (QED) is 0.347. The molecule has 1 atom stereocenters. The van der Waals surface area contributed by atoms with Crippen LogP contribution in [-0.2, 0) is 6.42 Å².